The standard InChI is InChI=1S/C19H19ClN4O2S/c1-12-8-9-15(20)10-16(12)21-17(25)13(2)27-19-23-22-18(26)24(19)11-14-6-4-3-5-7-14/h3-10,13H,11H2,1-2H3,(H,21,25)(H,22,26). The third kappa shape index (κ3) is 4.81. The number of benzene rings is 2. The quantitative estimate of drug-likeness (QED) is 0.616. The highest BCUT2D eigenvalue weighted by atomic mass is 35.5. The van der Waals surface area contributed by atoms with E-state index in [1.54, 1.807) is 19.1 Å². The molecule has 2 N–H and O–H groups in total. The molecular weight excluding hydrogens is 384 g/mol. The number of aromatic amines is 1. The molecule has 3 aromatic rings. The van der Waals surface area contributed by atoms with Gasteiger partial charge in [-0.25, -0.2) is 9.89 Å². The molecule has 0 bridgehead atoms. The topological polar surface area (TPSA) is 79.8 Å². The van der Waals surface area contributed by atoms with Crippen LogP contribution in [0, 0.1) is 6.92 Å². The summed E-state index contributed by atoms with van der Waals surface area (Å²) in [5, 5.41) is 9.97. The van der Waals surface area contributed by atoms with Crippen LogP contribution in [0.15, 0.2) is 58.5 Å². The number of nitrogens with one attached hydrogen (secondary N) is 2. The first-order chi connectivity index (χ1) is 12.9. The lowest BCUT2D eigenvalue weighted by atomic mass is 10.2. The predicted octanol–water partition coefficient (Wildman–Crippen LogP) is 3.70. The molecule has 8 heteroatoms. The third-order valence-corrected chi connectivity index (χ3v) is 5.34. The van der Waals surface area contributed by atoms with Crippen molar-refractivity contribution in [1.82, 2.24) is 14.8 Å². The average molecular weight is 403 g/mol. The molecule has 0 fully saturated rings. The van der Waals surface area contributed by atoms with E-state index in [1.165, 1.54) is 16.3 Å². The van der Waals surface area contributed by atoms with Gasteiger partial charge in [0, 0.05) is 10.7 Å². The number of nitrogens with zero attached hydrogens (tertiary/aromatic N) is 2. The second-order valence-corrected chi connectivity index (χ2v) is 7.84. The summed E-state index contributed by atoms with van der Waals surface area (Å²) in [5.41, 5.74) is 2.27. The number of aromatic nitrogens is 3. The number of rotatable bonds is 6. The fourth-order valence-corrected chi connectivity index (χ4v) is 3.50. The number of thioether (sulfide) groups is 1. The Labute approximate surface area is 165 Å². The Balaban J connectivity index is 1.72. The van der Waals surface area contributed by atoms with Gasteiger partial charge in [0.05, 0.1) is 11.8 Å². The molecule has 0 radical (unpaired) electrons. The fraction of sp³-hybridized carbons (Fsp3) is 0.211. The van der Waals surface area contributed by atoms with Gasteiger partial charge in [0.2, 0.25) is 5.91 Å². The fourth-order valence-electron chi connectivity index (χ4n) is 2.47. The summed E-state index contributed by atoms with van der Waals surface area (Å²) in [4.78, 5) is 24.6. The van der Waals surface area contributed by atoms with Crippen LogP contribution in [-0.4, -0.2) is 25.9 Å². The van der Waals surface area contributed by atoms with Crippen molar-refractivity contribution in [2.24, 2.45) is 0 Å². The van der Waals surface area contributed by atoms with E-state index in [0.717, 1.165) is 11.1 Å². The molecule has 6 nitrogen and oxygen atoms in total. The second kappa shape index (κ2) is 8.45. The molecule has 1 aromatic heterocycles. The monoisotopic (exact) mass is 402 g/mol. The number of H-pyrrole nitrogens is 1. The summed E-state index contributed by atoms with van der Waals surface area (Å²) in [6.07, 6.45) is 0. The molecule has 3 rings (SSSR count). The van der Waals surface area contributed by atoms with E-state index < -0.39 is 5.25 Å². The van der Waals surface area contributed by atoms with Gasteiger partial charge in [-0.2, -0.15) is 0 Å². The van der Waals surface area contributed by atoms with E-state index in [2.05, 4.69) is 15.5 Å². The van der Waals surface area contributed by atoms with Crippen molar-refractivity contribution in [3.05, 3.63) is 75.2 Å². The van der Waals surface area contributed by atoms with Gasteiger partial charge in [0.15, 0.2) is 5.16 Å². The average Bonchev–Trinajstić information content (AvgIpc) is 2.99. The minimum Gasteiger partial charge on any atom is -0.325 e. The Kier molecular flexibility index (Phi) is 6.03. The van der Waals surface area contributed by atoms with Crippen LogP contribution in [0.5, 0.6) is 0 Å². The molecule has 0 spiro atoms. The van der Waals surface area contributed by atoms with E-state index >= 15 is 0 Å². The summed E-state index contributed by atoms with van der Waals surface area (Å²) in [5.74, 6) is -0.188. The highest BCUT2D eigenvalue weighted by Gasteiger charge is 2.20. The molecule has 0 aliphatic rings. The van der Waals surface area contributed by atoms with Crippen LogP contribution in [0.3, 0.4) is 0 Å². The summed E-state index contributed by atoms with van der Waals surface area (Å²) in [6.45, 7) is 4.06. The molecule has 140 valence electrons. The van der Waals surface area contributed by atoms with Crippen LogP contribution in [0.4, 0.5) is 5.69 Å². The smallest absolute Gasteiger partial charge is 0.325 e. The van der Waals surface area contributed by atoms with Crippen molar-refractivity contribution in [1.29, 1.82) is 0 Å². The van der Waals surface area contributed by atoms with Crippen molar-refractivity contribution in [2.75, 3.05) is 5.32 Å². The van der Waals surface area contributed by atoms with Gasteiger partial charge < -0.3 is 5.32 Å². The molecular formula is C19H19ClN4O2S. The van der Waals surface area contributed by atoms with Crippen molar-refractivity contribution < 1.29 is 4.79 Å². The van der Waals surface area contributed by atoms with Gasteiger partial charge in [-0.15, -0.1) is 5.10 Å². The summed E-state index contributed by atoms with van der Waals surface area (Å²) < 4.78 is 1.52. The Bertz CT molecular complexity index is 1000. The maximum absolute atomic E-state index is 12.6. The van der Waals surface area contributed by atoms with Gasteiger partial charge in [-0.3, -0.25) is 9.36 Å². The number of hydrogen-bond donors (Lipinski definition) is 2. The van der Waals surface area contributed by atoms with Crippen LogP contribution < -0.4 is 11.0 Å². The minimum atomic E-state index is -0.451. The first-order valence-electron chi connectivity index (χ1n) is 8.37. The van der Waals surface area contributed by atoms with Crippen molar-refractivity contribution >= 4 is 35.0 Å². The summed E-state index contributed by atoms with van der Waals surface area (Å²) >= 11 is 7.22. The molecule has 0 aliphatic carbocycles. The Morgan fingerprint density at radius 2 is 2.04 bits per heavy atom. The zero-order valence-electron chi connectivity index (χ0n) is 14.9. The molecule has 0 saturated heterocycles. The predicted molar refractivity (Wildman–Crippen MR) is 109 cm³/mol. The molecule has 1 atom stereocenters. The largest absolute Gasteiger partial charge is 0.344 e. The van der Waals surface area contributed by atoms with E-state index in [-0.39, 0.29) is 11.6 Å². The zero-order valence-corrected chi connectivity index (χ0v) is 16.5. The molecule has 1 heterocycles. The van der Waals surface area contributed by atoms with E-state index in [0.29, 0.717) is 22.4 Å². The lowest BCUT2D eigenvalue weighted by Crippen LogP contribution is -2.24. The van der Waals surface area contributed by atoms with Gasteiger partial charge >= 0.3 is 5.69 Å². The first kappa shape index (κ1) is 19.3. The Morgan fingerprint density at radius 3 is 2.78 bits per heavy atom. The molecule has 27 heavy (non-hydrogen) atoms. The lowest BCUT2D eigenvalue weighted by Gasteiger charge is -2.14. The van der Waals surface area contributed by atoms with Crippen LogP contribution in [-0.2, 0) is 11.3 Å². The third-order valence-electron chi connectivity index (χ3n) is 4.02. The summed E-state index contributed by atoms with van der Waals surface area (Å²) in [7, 11) is 0. The Hall–Kier alpha value is -2.51. The maximum atomic E-state index is 12.6. The first-order valence-corrected chi connectivity index (χ1v) is 9.62. The number of anilines is 1. The van der Waals surface area contributed by atoms with Gasteiger partial charge in [0.1, 0.15) is 0 Å². The van der Waals surface area contributed by atoms with Crippen molar-refractivity contribution in [3.8, 4) is 0 Å². The number of aryl methyl sites for hydroxylation is 1. The van der Waals surface area contributed by atoms with Crippen molar-refractivity contribution in [3.63, 3.8) is 0 Å². The van der Waals surface area contributed by atoms with Crippen LogP contribution in [0.25, 0.3) is 0 Å². The lowest BCUT2D eigenvalue weighted by molar-refractivity contribution is -0.115. The highest BCUT2D eigenvalue weighted by Crippen LogP contribution is 2.24. The van der Waals surface area contributed by atoms with E-state index in [1.807, 2.05) is 43.3 Å². The number of carbonyl (C=O) groups is 1. The minimum absolute atomic E-state index is 0.188. The van der Waals surface area contributed by atoms with Gasteiger partial charge in [0.25, 0.3) is 0 Å². The molecule has 2 aromatic carbocycles. The number of amides is 1. The van der Waals surface area contributed by atoms with Crippen LogP contribution >= 0.6 is 23.4 Å². The highest BCUT2D eigenvalue weighted by molar-refractivity contribution is 8.00. The van der Waals surface area contributed by atoms with E-state index in [9.17, 15) is 9.59 Å². The second-order valence-electron chi connectivity index (χ2n) is 6.09. The van der Waals surface area contributed by atoms with E-state index in [4.69, 9.17) is 11.6 Å². The van der Waals surface area contributed by atoms with Gasteiger partial charge in [-0.05, 0) is 37.1 Å². The molecule has 0 saturated carbocycles. The molecule has 0 aliphatic heterocycles. The SMILES string of the molecule is Cc1ccc(Cl)cc1NC(=O)C(C)Sc1n[nH]c(=O)n1Cc1ccccc1. The zero-order chi connectivity index (χ0) is 19.4. The summed E-state index contributed by atoms with van der Waals surface area (Å²) in [6, 6.07) is 15.0. The normalized spacial score (nSPS) is 12.0. The molecule has 1 amide bonds. The number of halogens is 1. The van der Waals surface area contributed by atoms with Crippen LogP contribution in [0.2, 0.25) is 5.02 Å². The Morgan fingerprint density at radius 1 is 1.30 bits per heavy atom. The van der Waals surface area contributed by atoms with Gasteiger partial charge in [-0.1, -0.05) is 59.8 Å². The van der Waals surface area contributed by atoms with Crippen molar-refractivity contribution in [2.45, 2.75) is 30.8 Å². The number of carbonyl (C=O) groups excluding carboxylic acids is 1. The molecule has 1 unspecified atom stereocenters. The number of hydrogen-bond acceptors (Lipinski definition) is 4. The van der Waals surface area contributed by atoms with Crippen LogP contribution in [0.1, 0.15) is 18.1 Å². The maximum Gasteiger partial charge on any atom is 0.344 e.